The molecule has 0 saturated carbocycles. The summed E-state index contributed by atoms with van der Waals surface area (Å²) in [7, 11) is 1.64. The van der Waals surface area contributed by atoms with Crippen LogP contribution in [0, 0.1) is 0 Å². The fourth-order valence-electron chi connectivity index (χ4n) is 2.43. The van der Waals surface area contributed by atoms with Crippen LogP contribution in [0.4, 0.5) is 5.69 Å². The molecular weight excluding hydrogens is 356 g/mol. The molecule has 0 unspecified atom stereocenters. The van der Waals surface area contributed by atoms with Gasteiger partial charge in [0.25, 0.3) is 11.8 Å². The van der Waals surface area contributed by atoms with Crippen LogP contribution in [-0.2, 0) is 25.7 Å². The molecule has 3 rings (SSSR count). The third-order valence-corrected chi connectivity index (χ3v) is 4.57. The van der Waals surface area contributed by atoms with E-state index in [9.17, 15) is 14.4 Å². The molecule has 136 valence electrons. The van der Waals surface area contributed by atoms with Crippen molar-refractivity contribution in [3.05, 3.63) is 46.7 Å². The van der Waals surface area contributed by atoms with E-state index in [1.54, 1.807) is 42.6 Å². The molecule has 2 heterocycles. The van der Waals surface area contributed by atoms with Crippen molar-refractivity contribution in [2.45, 2.75) is 19.1 Å². The van der Waals surface area contributed by atoms with Crippen molar-refractivity contribution < 1.29 is 23.9 Å². The maximum absolute atomic E-state index is 12.0. The van der Waals surface area contributed by atoms with Gasteiger partial charge in [-0.15, -0.1) is 0 Å². The zero-order valence-electron chi connectivity index (χ0n) is 14.1. The highest BCUT2D eigenvalue weighted by Gasteiger charge is 2.30. The fraction of sp³-hybridized carbons (Fsp3) is 0.278. The molecule has 1 aliphatic heterocycles. The Labute approximate surface area is 154 Å². The number of amides is 2. The molecule has 1 aromatic carbocycles. The summed E-state index contributed by atoms with van der Waals surface area (Å²) in [6.45, 7) is 0.0786. The summed E-state index contributed by atoms with van der Waals surface area (Å²) >= 11 is 1.55. The predicted molar refractivity (Wildman–Crippen MR) is 95.9 cm³/mol. The molecule has 2 aromatic rings. The molecule has 1 aromatic heterocycles. The molecule has 0 fully saturated rings. The molecule has 26 heavy (non-hydrogen) atoms. The number of nitrogens with one attached hydrogen (secondary N) is 1. The SMILES string of the molecule is CN(Cc1ccsc1)C(=O)COC(=O)C[C@@H]1Oc2ccccc2NC1=O. The number of carbonyl (C=O) groups excluding carboxylic acids is 3. The van der Waals surface area contributed by atoms with Crippen LogP contribution in [0.15, 0.2) is 41.1 Å². The van der Waals surface area contributed by atoms with E-state index < -0.39 is 18.0 Å². The van der Waals surface area contributed by atoms with Gasteiger partial charge in [0, 0.05) is 13.6 Å². The molecule has 1 N–H and O–H groups in total. The number of rotatable bonds is 6. The number of fused-ring (bicyclic) bond motifs is 1. The van der Waals surface area contributed by atoms with Crippen molar-refractivity contribution in [3.8, 4) is 5.75 Å². The second-order valence-electron chi connectivity index (χ2n) is 5.84. The zero-order valence-corrected chi connectivity index (χ0v) is 15.0. The van der Waals surface area contributed by atoms with Gasteiger partial charge in [0.05, 0.1) is 12.1 Å². The van der Waals surface area contributed by atoms with Gasteiger partial charge in [-0.05, 0) is 34.5 Å². The monoisotopic (exact) mass is 374 g/mol. The molecule has 0 saturated heterocycles. The minimum atomic E-state index is -0.976. The number of carbonyl (C=O) groups is 3. The summed E-state index contributed by atoms with van der Waals surface area (Å²) in [5.74, 6) is -0.899. The smallest absolute Gasteiger partial charge is 0.310 e. The number of esters is 1. The van der Waals surface area contributed by atoms with Gasteiger partial charge in [-0.1, -0.05) is 12.1 Å². The van der Waals surface area contributed by atoms with Crippen LogP contribution >= 0.6 is 11.3 Å². The average Bonchev–Trinajstić information content (AvgIpc) is 3.13. The Morgan fingerprint density at radius 2 is 2.12 bits per heavy atom. The molecule has 0 bridgehead atoms. The number of para-hydroxylation sites is 2. The van der Waals surface area contributed by atoms with E-state index in [1.807, 2.05) is 16.8 Å². The van der Waals surface area contributed by atoms with Crippen molar-refractivity contribution in [3.63, 3.8) is 0 Å². The maximum atomic E-state index is 12.0. The van der Waals surface area contributed by atoms with Crippen molar-refractivity contribution in [2.75, 3.05) is 19.0 Å². The van der Waals surface area contributed by atoms with Crippen LogP contribution in [0.25, 0.3) is 0 Å². The quantitative estimate of drug-likeness (QED) is 0.782. The lowest BCUT2D eigenvalue weighted by molar-refractivity contribution is -0.154. The summed E-state index contributed by atoms with van der Waals surface area (Å²) in [4.78, 5) is 37.5. The van der Waals surface area contributed by atoms with Crippen molar-refractivity contribution in [1.29, 1.82) is 0 Å². The first kappa shape index (κ1) is 17.9. The summed E-state index contributed by atoms with van der Waals surface area (Å²) in [6.07, 6.45) is -1.24. The lowest BCUT2D eigenvalue weighted by Crippen LogP contribution is -2.39. The largest absolute Gasteiger partial charge is 0.478 e. The van der Waals surface area contributed by atoms with Gasteiger partial charge < -0.3 is 19.7 Å². The van der Waals surface area contributed by atoms with Crippen LogP contribution in [0.3, 0.4) is 0 Å². The van der Waals surface area contributed by atoms with E-state index in [1.165, 1.54) is 4.90 Å². The van der Waals surface area contributed by atoms with Gasteiger partial charge in [-0.3, -0.25) is 14.4 Å². The van der Waals surface area contributed by atoms with Crippen LogP contribution in [0.2, 0.25) is 0 Å². The van der Waals surface area contributed by atoms with E-state index >= 15 is 0 Å². The Morgan fingerprint density at radius 1 is 1.31 bits per heavy atom. The first-order valence-corrected chi connectivity index (χ1v) is 8.94. The highest BCUT2D eigenvalue weighted by Crippen LogP contribution is 2.29. The number of ether oxygens (including phenoxy) is 2. The van der Waals surface area contributed by atoms with Crippen LogP contribution < -0.4 is 10.1 Å². The molecule has 1 aliphatic rings. The maximum Gasteiger partial charge on any atom is 0.310 e. The number of likely N-dealkylation sites (N-methyl/N-ethyl adjacent to an activating group) is 1. The molecule has 0 aliphatic carbocycles. The summed E-state index contributed by atoms with van der Waals surface area (Å²) in [6, 6.07) is 8.89. The number of anilines is 1. The molecular formula is C18H18N2O5S. The Hall–Kier alpha value is -2.87. The highest BCUT2D eigenvalue weighted by molar-refractivity contribution is 7.07. The number of benzene rings is 1. The Morgan fingerprint density at radius 3 is 2.88 bits per heavy atom. The number of thiophene rings is 1. The van der Waals surface area contributed by atoms with Crippen LogP contribution in [0.1, 0.15) is 12.0 Å². The van der Waals surface area contributed by atoms with E-state index in [0.717, 1.165) is 5.56 Å². The van der Waals surface area contributed by atoms with Gasteiger partial charge in [-0.2, -0.15) is 11.3 Å². The summed E-state index contributed by atoms with van der Waals surface area (Å²) in [5.41, 5.74) is 1.58. The third kappa shape index (κ3) is 4.40. The minimum absolute atomic E-state index is 0.262. The summed E-state index contributed by atoms with van der Waals surface area (Å²) in [5, 5.41) is 6.56. The van der Waals surface area contributed by atoms with E-state index in [4.69, 9.17) is 9.47 Å². The van der Waals surface area contributed by atoms with Crippen LogP contribution in [-0.4, -0.2) is 42.4 Å². The lowest BCUT2D eigenvalue weighted by Gasteiger charge is -2.25. The average molecular weight is 374 g/mol. The second kappa shape index (κ2) is 8.01. The third-order valence-electron chi connectivity index (χ3n) is 3.84. The summed E-state index contributed by atoms with van der Waals surface area (Å²) < 4.78 is 10.5. The molecule has 0 radical (unpaired) electrons. The van der Waals surface area contributed by atoms with E-state index in [2.05, 4.69) is 5.32 Å². The molecule has 7 nitrogen and oxygen atoms in total. The first-order chi connectivity index (χ1) is 12.5. The lowest BCUT2D eigenvalue weighted by atomic mass is 10.1. The molecule has 2 amide bonds. The fourth-order valence-corrected chi connectivity index (χ4v) is 3.09. The Kier molecular flexibility index (Phi) is 5.52. The van der Waals surface area contributed by atoms with Gasteiger partial charge in [0.2, 0.25) is 0 Å². The van der Waals surface area contributed by atoms with Gasteiger partial charge in [0.1, 0.15) is 5.75 Å². The van der Waals surface area contributed by atoms with Crippen LogP contribution in [0.5, 0.6) is 5.75 Å². The van der Waals surface area contributed by atoms with E-state index in [0.29, 0.717) is 18.0 Å². The Bertz CT molecular complexity index is 806. The number of nitrogens with zero attached hydrogens (tertiary/aromatic N) is 1. The molecule has 0 spiro atoms. The predicted octanol–water partition coefficient (Wildman–Crippen LogP) is 2.04. The zero-order chi connectivity index (χ0) is 18.5. The Balaban J connectivity index is 1.47. The standard InChI is InChI=1S/C18H18N2O5S/c1-20(9-12-6-7-26-11-12)16(21)10-24-17(22)8-15-18(23)19-13-4-2-3-5-14(13)25-15/h2-7,11,15H,8-10H2,1H3,(H,19,23)/t15-/m0/s1. The minimum Gasteiger partial charge on any atom is -0.478 e. The van der Waals surface area contributed by atoms with Gasteiger partial charge in [-0.25, -0.2) is 0 Å². The van der Waals surface area contributed by atoms with Crippen molar-refractivity contribution >= 4 is 34.8 Å². The van der Waals surface area contributed by atoms with Gasteiger partial charge in [0.15, 0.2) is 12.7 Å². The topological polar surface area (TPSA) is 84.9 Å². The van der Waals surface area contributed by atoms with E-state index in [-0.39, 0.29) is 18.9 Å². The molecule has 1 atom stereocenters. The van der Waals surface area contributed by atoms with Crippen molar-refractivity contribution in [1.82, 2.24) is 4.90 Å². The first-order valence-electron chi connectivity index (χ1n) is 8.00. The van der Waals surface area contributed by atoms with Crippen molar-refractivity contribution in [2.24, 2.45) is 0 Å². The number of hydrogen-bond donors (Lipinski definition) is 1. The van der Waals surface area contributed by atoms with Gasteiger partial charge >= 0.3 is 5.97 Å². The highest BCUT2D eigenvalue weighted by atomic mass is 32.1. The molecule has 8 heteroatoms. The number of hydrogen-bond acceptors (Lipinski definition) is 6. The normalized spacial score (nSPS) is 15.4. The second-order valence-corrected chi connectivity index (χ2v) is 6.62.